The number of nitrogens with one attached hydrogen (secondary N) is 1. The van der Waals surface area contributed by atoms with Gasteiger partial charge in [-0.15, -0.1) is 0 Å². The molecule has 4 rings (SSSR count). The average molecular weight is 383 g/mol. The van der Waals surface area contributed by atoms with Crippen molar-refractivity contribution in [3.8, 4) is 5.75 Å². The van der Waals surface area contributed by atoms with Crippen molar-refractivity contribution in [2.75, 3.05) is 19.7 Å². The highest BCUT2D eigenvalue weighted by Crippen LogP contribution is 2.30. The molecule has 0 radical (unpaired) electrons. The fourth-order valence-electron chi connectivity index (χ4n) is 3.67. The van der Waals surface area contributed by atoms with Crippen LogP contribution in [0.1, 0.15) is 30.0 Å². The molecule has 27 heavy (non-hydrogen) atoms. The Morgan fingerprint density at radius 1 is 1.22 bits per heavy atom. The first kappa shape index (κ1) is 17.9. The second kappa shape index (κ2) is 7.65. The summed E-state index contributed by atoms with van der Waals surface area (Å²) in [6.45, 7) is 3.62. The zero-order chi connectivity index (χ0) is 18.8. The summed E-state index contributed by atoms with van der Waals surface area (Å²) in [5.74, 6) is 1.09. The van der Waals surface area contributed by atoms with Crippen LogP contribution in [-0.2, 0) is 4.79 Å². The Kier molecular flexibility index (Phi) is 5.08. The van der Waals surface area contributed by atoms with Crippen molar-refractivity contribution in [1.82, 2.24) is 9.88 Å². The lowest BCUT2D eigenvalue weighted by Crippen LogP contribution is -2.41. The standard InChI is InChI=1S/C22H23ClN2O2/c1-15-4-7-19(8-5-15)27-14-22(26)25-10-2-3-16(13-25)21-12-17-11-18(23)6-9-20(17)24-21/h4-9,11-12,16,24H,2-3,10,13-14H2,1H3. The molecule has 2 heterocycles. The predicted molar refractivity (Wildman–Crippen MR) is 109 cm³/mol. The third-order valence-corrected chi connectivity index (χ3v) is 5.44. The Morgan fingerprint density at radius 3 is 2.85 bits per heavy atom. The highest BCUT2D eigenvalue weighted by atomic mass is 35.5. The molecule has 2 aromatic carbocycles. The van der Waals surface area contributed by atoms with Gasteiger partial charge >= 0.3 is 0 Å². The zero-order valence-electron chi connectivity index (χ0n) is 15.4. The number of benzene rings is 2. The molecule has 1 fully saturated rings. The van der Waals surface area contributed by atoms with E-state index in [0.29, 0.717) is 5.92 Å². The van der Waals surface area contributed by atoms with E-state index >= 15 is 0 Å². The number of aromatic amines is 1. The number of hydrogen-bond donors (Lipinski definition) is 1. The van der Waals surface area contributed by atoms with Gasteiger partial charge in [0, 0.05) is 40.6 Å². The number of H-pyrrole nitrogens is 1. The molecule has 1 aliphatic rings. The van der Waals surface area contributed by atoms with Crippen LogP contribution in [-0.4, -0.2) is 35.5 Å². The molecule has 3 aromatic rings. The van der Waals surface area contributed by atoms with Crippen molar-refractivity contribution in [1.29, 1.82) is 0 Å². The molecule has 140 valence electrons. The summed E-state index contributed by atoms with van der Waals surface area (Å²) in [6, 6.07) is 15.8. The van der Waals surface area contributed by atoms with Crippen LogP contribution in [0.5, 0.6) is 5.75 Å². The Bertz CT molecular complexity index is 949. The van der Waals surface area contributed by atoms with Crippen molar-refractivity contribution >= 4 is 28.4 Å². The van der Waals surface area contributed by atoms with Gasteiger partial charge in [-0.3, -0.25) is 4.79 Å². The van der Waals surface area contributed by atoms with Crippen molar-refractivity contribution in [2.24, 2.45) is 0 Å². The van der Waals surface area contributed by atoms with Crippen LogP contribution in [0.15, 0.2) is 48.5 Å². The smallest absolute Gasteiger partial charge is 0.260 e. The van der Waals surface area contributed by atoms with Crippen LogP contribution in [0, 0.1) is 6.92 Å². The molecule has 1 saturated heterocycles. The molecule has 0 aliphatic carbocycles. The Morgan fingerprint density at radius 2 is 2.04 bits per heavy atom. The number of amides is 1. The summed E-state index contributed by atoms with van der Waals surface area (Å²) in [5.41, 5.74) is 3.43. The van der Waals surface area contributed by atoms with Crippen molar-refractivity contribution in [3.63, 3.8) is 0 Å². The zero-order valence-corrected chi connectivity index (χ0v) is 16.1. The van der Waals surface area contributed by atoms with Gasteiger partial charge in [-0.2, -0.15) is 0 Å². The van der Waals surface area contributed by atoms with E-state index in [4.69, 9.17) is 16.3 Å². The molecule has 5 heteroatoms. The summed E-state index contributed by atoms with van der Waals surface area (Å²) in [6.07, 6.45) is 2.07. The van der Waals surface area contributed by atoms with Gasteiger partial charge in [0.25, 0.3) is 5.91 Å². The van der Waals surface area contributed by atoms with E-state index in [-0.39, 0.29) is 12.5 Å². The van der Waals surface area contributed by atoms with Crippen LogP contribution in [0.4, 0.5) is 0 Å². The summed E-state index contributed by atoms with van der Waals surface area (Å²) in [5, 5.41) is 1.85. The SMILES string of the molecule is Cc1ccc(OCC(=O)N2CCCC(c3cc4cc(Cl)ccc4[nH]3)C2)cc1. The van der Waals surface area contributed by atoms with E-state index in [1.807, 2.05) is 54.3 Å². The van der Waals surface area contributed by atoms with Crippen LogP contribution in [0.2, 0.25) is 5.02 Å². The minimum absolute atomic E-state index is 0.0411. The van der Waals surface area contributed by atoms with Gasteiger partial charge in [0.2, 0.25) is 0 Å². The number of halogens is 1. The third-order valence-electron chi connectivity index (χ3n) is 5.20. The van der Waals surface area contributed by atoms with Gasteiger partial charge in [0.05, 0.1) is 0 Å². The molecule has 1 aliphatic heterocycles. The first-order valence-electron chi connectivity index (χ1n) is 9.34. The van der Waals surface area contributed by atoms with Crippen molar-refractivity contribution in [3.05, 3.63) is 64.8 Å². The van der Waals surface area contributed by atoms with Gasteiger partial charge in [0.1, 0.15) is 5.75 Å². The number of fused-ring (bicyclic) bond motifs is 1. The number of carbonyl (C=O) groups excluding carboxylic acids is 1. The van der Waals surface area contributed by atoms with Crippen LogP contribution in [0.25, 0.3) is 10.9 Å². The Balaban J connectivity index is 1.40. The lowest BCUT2D eigenvalue weighted by molar-refractivity contribution is -0.134. The fourth-order valence-corrected chi connectivity index (χ4v) is 3.85. The number of ether oxygens (including phenoxy) is 1. The van der Waals surface area contributed by atoms with E-state index < -0.39 is 0 Å². The lowest BCUT2D eigenvalue weighted by atomic mass is 9.94. The molecule has 1 unspecified atom stereocenters. The van der Waals surface area contributed by atoms with Gasteiger partial charge < -0.3 is 14.6 Å². The monoisotopic (exact) mass is 382 g/mol. The Hall–Kier alpha value is -2.46. The Labute approximate surface area is 164 Å². The van der Waals surface area contributed by atoms with E-state index in [0.717, 1.165) is 47.6 Å². The molecule has 0 spiro atoms. The van der Waals surface area contributed by atoms with Crippen molar-refractivity contribution in [2.45, 2.75) is 25.7 Å². The van der Waals surface area contributed by atoms with E-state index in [1.165, 1.54) is 11.3 Å². The quantitative estimate of drug-likeness (QED) is 0.696. The maximum absolute atomic E-state index is 12.6. The minimum Gasteiger partial charge on any atom is -0.484 e. The number of aromatic nitrogens is 1. The molecule has 1 aromatic heterocycles. The van der Waals surface area contributed by atoms with Crippen LogP contribution in [0.3, 0.4) is 0 Å². The number of piperidine rings is 1. The number of carbonyl (C=O) groups is 1. The molecule has 1 N–H and O–H groups in total. The molecule has 4 nitrogen and oxygen atoms in total. The van der Waals surface area contributed by atoms with Crippen LogP contribution >= 0.6 is 11.6 Å². The maximum atomic E-state index is 12.6. The first-order chi connectivity index (χ1) is 13.1. The van der Waals surface area contributed by atoms with Gasteiger partial charge in [-0.05, 0) is 56.2 Å². The van der Waals surface area contributed by atoms with E-state index in [9.17, 15) is 4.79 Å². The molecular formula is C22H23ClN2O2. The second-order valence-corrected chi connectivity index (χ2v) is 7.67. The highest BCUT2D eigenvalue weighted by molar-refractivity contribution is 6.31. The second-order valence-electron chi connectivity index (χ2n) is 7.24. The minimum atomic E-state index is 0.0411. The molecule has 1 amide bonds. The largest absolute Gasteiger partial charge is 0.484 e. The molecule has 1 atom stereocenters. The summed E-state index contributed by atoms with van der Waals surface area (Å²) in [7, 11) is 0. The van der Waals surface area contributed by atoms with Gasteiger partial charge in [0.15, 0.2) is 6.61 Å². The first-order valence-corrected chi connectivity index (χ1v) is 9.72. The highest BCUT2D eigenvalue weighted by Gasteiger charge is 2.26. The normalized spacial score (nSPS) is 17.3. The number of rotatable bonds is 4. The predicted octanol–water partition coefficient (Wildman–Crippen LogP) is 4.91. The van der Waals surface area contributed by atoms with Gasteiger partial charge in [-0.1, -0.05) is 29.3 Å². The fraction of sp³-hybridized carbons (Fsp3) is 0.318. The van der Waals surface area contributed by atoms with Crippen LogP contribution < -0.4 is 4.74 Å². The summed E-state index contributed by atoms with van der Waals surface area (Å²) >= 11 is 6.09. The molecule has 0 bridgehead atoms. The molecule has 0 saturated carbocycles. The lowest BCUT2D eigenvalue weighted by Gasteiger charge is -2.32. The van der Waals surface area contributed by atoms with Crippen molar-refractivity contribution < 1.29 is 9.53 Å². The van der Waals surface area contributed by atoms with E-state index in [2.05, 4.69) is 11.1 Å². The number of hydrogen-bond acceptors (Lipinski definition) is 2. The van der Waals surface area contributed by atoms with E-state index in [1.54, 1.807) is 0 Å². The average Bonchev–Trinajstić information content (AvgIpc) is 3.10. The topological polar surface area (TPSA) is 45.3 Å². The number of likely N-dealkylation sites (tertiary alicyclic amines) is 1. The summed E-state index contributed by atoms with van der Waals surface area (Å²) < 4.78 is 5.66. The summed E-state index contributed by atoms with van der Waals surface area (Å²) in [4.78, 5) is 18.0. The number of nitrogens with zero attached hydrogens (tertiary/aromatic N) is 1. The molecular weight excluding hydrogens is 360 g/mol. The maximum Gasteiger partial charge on any atom is 0.260 e. The third kappa shape index (κ3) is 4.11. The van der Waals surface area contributed by atoms with Gasteiger partial charge in [-0.25, -0.2) is 0 Å². The number of aryl methyl sites for hydroxylation is 1.